The lowest BCUT2D eigenvalue weighted by atomic mass is 10.2. The molecule has 0 fully saturated rings. The maximum absolute atomic E-state index is 11.5. The van der Waals surface area contributed by atoms with Crippen LogP contribution in [-0.2, 0) is 4.79 Å². The average Bonchev–Trinajstić information content (AvgIpc) is 2.49. The third-order valence-electron chi connectivity index (χ3n) is 2.56. The van der Waals surface area contributed by atoms with E-state index in [4.69, 9.17) is 14.2 Å². The molecule has 0 spiro atoms. The summed E-state index contributed by atoms with van der Waals surface area (Å²) >= 11 is 0. The highest BCUT2D eigenvalue weighted by molar-refractivity contribution is 5.81. The standard InChI is InChI=1S/C14H20N2O4/c1-5-6-15-13(17)9-16-10-7-11(18-2)14(20-4)12(8-10)19-3/h5,7-8,16H,1,6,9H2,2-4H3,(H,15,17). The van der Waals surface area contributed by atoms with Gasteiger partial charge in [0.05, 0.1) is 27.9 Å². The molecule has 2 N–H and O–H groups in total. The Morgan fingerprint density at radius 2 is 1.80 bits per heavy atom. The van der Waals surface area contributed by atoms with Gasteiger partial charge in [-0.3, -0.25) is 4.79 Å². The third-order valence-corrected chi connectivity index (χ3v) is 2.56. The second-order valence-electron chi connectivity index (χ2n) is 3.86. The Kier molecular flexibility index (Phi) is 6.22. The minimum Gasteiger partial charge on any atom is -0.493 e. The number of carbonyl (C=O) groups is 1. The van der Waals surface area contributed by atoms with Crippen LogP contribution in [0.4, 0.5) is 5.69 Å². The van der Waals surface area contributed by atoms with Gasteiger partial charge in [-0.05, 0) is 0 Å². The summed E-state index contributed by atoms with van der Waals surface area (Å²) in [5.41, 5.74) is 0.702. The molecule has 0 heterocycles. The summed E-state index contributed by atoms with van der Waals surface area (Å²) in [6, 6.07) is 3.48. The number of carbonyl (C=O) groups excluding carboxylic acids is 1. The highest BCUT2D eigenvalue weighted by Gasteiger charge is 2.13. The van der Waals surface area contributed by atoms with Crippen molar-refractivity contribution in [1.29, 1.82) is 0 Å². The summed E-state index contributed by atoms with van der Waals surface area (Å²) in [5.74, 6) is 1.44. The molecule has 0 aliphatic carbocycles. The number of ether oxygens (including phenoxy) is 3. The van der Waals surface area contributed by atoms with E-state index in [0.29, 0.717) is 29.5 Å². The van der Waals surface area contributed by atoms with Crippen LogP contribution >= 0.6 is 0 Å². The zero-order valence-corrected chi connectivity index (χ0v) is 12.0. The molecule has 0 aliphatic rings. The van der Waals surface area contributed by atoms with Gasteiger partial charge < -0.3 is 24.8 Å². The van der Waals surface area contributed by atoms with Crippen molar-refractivity contribution < 1.29 is 19.0 Å². The smallest absolute Gasteiger partial charge is 0.239 e. The van der Waals surface area contributed by atoms with E-state index >= 15 is 0 Å². The van der Waals surface area contributed by atoms with Gasteiger partial charge in [-0.2, -0.15) is 0 Å². The molecule has 0 radical (unpaired) electrons. The van der Waals surface area contributed by atoms with Gasteiger partial charge >= 0.3 is 0 Å². The number of rotatable bonds is 8. The monoisotopic (exact) mass is 280 g/mol. The lowest BCUT2D eigenvalue weighted by Gasteiger charge is -2.15. The molecule has 1 amide bonds. The molecule has 0 atom stereocenters. The molecule has 0 unspecified atom stereocenters. The zero-order chi connectivity index (χ0) is 15.0. The van der Waals surface area contributed by atoms with Gasteiger partial charge in [0.25, 0.3) is 0 Å². The van der Waals surface area contributed by atoms with Crippen molar-refractivity contribution in [2.45, 2.75) is 0 Å². The topological polar surface area (TPSA) is 68.8 Å². The van der Waals surface area contributed by atoms with E-state index in [0.717, 1.165) is 0 Å². The first-order valence-electron chi connectivity index (χ1n) is 6.07. The van der Waals surface area contributed by atoms with Crippen molar-refractivity contribution in [3.63, 3.8) is 0 Å². The van der Waals surface area contributed by atoms with E-state index in [-0.39, 0.29) is 12.5 Å². The minimum absolute atomic E-state index is 0.126. The first-order chi connectivity index (χ1) is 9.65. The fourth-order valence-corrected chi connectivity index (χ4v) is 1.61. The molecule has 1 aromatic rings. The van der Waals surface area contributed by atoms with Gasteiger partial charge in [0.15, 0.2) is 11.5 Å². The van der Waals surface area contributed by atoms with Crippen LogP contribution in [0.1, 0.15) is 0 Å². The van der Waals surface area contributed by atoms with Crippen LogP contribution in [-0.4, -0.2) is 40.3 Å². The van der Waals surface area contributed by atoms with Crippen LogP contribution in [0, 0.1) is 0 Å². The van der Waals surface area contributed by atoms with Gasteiger partial charge in [0.2, 0.25) is 11.7 Å². The van der Waals surface area contributed by atoms with E-state index in [1.165, 1.54) is 21.3 Å². The molecule has 0 saturated heterocycles. The van der Waals surface area contributed by atoms with E-state index in [1.54, 1.807) is 18.2 Å². The predicted octanol–water partition coefficient (Wildman–Crippen LogP) is 1.43. The number of hydrogen-bond acceptors (Lipinski definition) is 5. The second-order valence-corrected chi connectivity index (χ2v) is 3.86. The molecule has 1 rings (SSSR count). The van der Waals surface area contributed by atoms with E-state index in [2.05, 4.69) is 17.2 Å². The Labute approximate surface area is 118 Å². The summed E-state index contributed by atoms with van der Waals surface area (Å²) in [7, 11) is 4.62. The molecular weight excluding hydrogens is 260 g/mol. The molecule has 1 aromatic carbocycles. The van der Waals surface area contributed by atoms with Crippen LogP contribution in [0.3, 0.4) is 0 Å². The molecule has 0 saturated carbocycles. The van der Waals surface area contributed by atoms with Crippen molar-refractivity contribution in [2.75, 3.05) is 39.7 Å². The third kappa shape index (κ3) is 4.08. The molecule has 20 heavy (non-hydrogen) atoms. The average molecular weight is 280 g/mol. The summed E-state index contributed by atoms with van der Waals surface area (Å²) in [6.07, 6.45) is 1.62. The highest BCUT2D eigenvalue weighted by Crippen LogP contribution is 2.39. The fraction of sp³-hybridized carbons (Fsp3) is 0.357. The van der Waals surface area contributed by atoms with Crippen molar-refractivity contribution in [2.24, 2.45) is 0 Å². The summed E-state index contributed by atoms with van der Waals surface area (Å²) in [6.45, 7) is 4.12. The van der Waals surface area contributed by atoms with Crippen LogP contribution in [0.15, 0.2) is 24.8 Å². The van der Waals surface area contributed by atoms with E-state index in [1.807, 2.05) is 0 Å². The minimum atomic E-state index is -0.126. The normalized spacial score (nSPS) is 9.55. The van der Waals surface area contributed by atoms with Crippen LogP contribution in [0.25, 0.3) is 0 Å². The lowest BCUT2D eigenvalue weighted by molar-refractivity contribution is -0.119. The Bertz CT molecular complexity index is 449. The number of methoxy groups -OCH3 is 3. The molecular formula is C14H20N2O4. The lowest BCUT2D eigenvalue weighted by Crippen LogP contribution is -2.29. The number of amides is 1. The van der Waals surface area contributed by atoms with Crippen LogP contribution in [0.2, 0.25) is 0 Å². The molecule has 0 aliphatic heterocycles. The van der Waals surface area contributed by atoms with E-state index in [9.17, 15) is 4.79 Å². The Balaban J connectivity index is 2.80. The highest BCUT2D eigenvalue weighted by atomic mass is 16.5. The van der Waals surface area contributed by atoms with E-state index < -0.39 is 0 Å². The zero-order valence-electron chi connectivity index (χ0n) is 12.0. The Morgan fingerprint density at radius 1 is 1.20 bits per heavy atom. The van der Waals surface area contributed by atoms with Crippen LogP contribution < -0.4 is 24.8 Å². The SMILES string of the molecule is C=CCNC(=O)CNc1cc(OC)c(OC)c(OC)c1. The maximum atomic E-state index is 11.5. The number of hydrogen-bond donors (Lipinski definition) is 2. The van der Waals surface area contributed by atoms with Crippen LogP contribution in [0.5, 0.6) is 17.2 Å². The summed E-state index contributed by atoms with van der Waals surface area (Å²) < 4.78 is 15.7. The molecule has 0 bridgehead atoms. The van der Waals surface area contributed by atoms with Gasteiger partial charge in [-0.25, -0.2) is 0 Å². The molecule has 6 nitrogen and oxygen atoms in total. The quantitative estimate of drug-likeness (QED) is 0.705. The number of benzene rings is 1. The van der Waals surface area contributed by atoms with Gasteiger partial charge in [-0.1, -0.05) is 6.08 Å². The van der Waals surface area contributed by atoms with Crippen molar-refractivity contribution in [3.8, 4) is 17.2 Å². The van der Waals surface area contributed by atoms with Gasteiger partial charge in [0, 0.05) is 24.4 Å². The number of nitrogens with one attached hydrogen (secondary N) is 2. The summed E-state index contributed by atoms with van der Waals surface area (Å²) in [4.78, 5) is 11.5. The Morgan fingerprint density at radius 3 is 2.25 bits per heavy atom. The maximum Gasteiger partial charge on any atom is 0.239 e. The van der Waals surface area contributed by atoms with Gasteiger partial charge in [-0.15, -0.1) is 6.58 Å². The first kappa shape index (κ1) is 15.7. The molecule has 110 valence electrons. The molecule has 6 heteroatoms. The van der Waals surface area contributed by atoms with Crippen molar-refractivity contribution >= 4 is 11.6 Å². The predicted molar refractivity (Wildman–Crippen MR) is 77.8 cm³/mol. The second kappa shape index (κ2) is 7.93. The van der Waals surface area contributed by atoms with Crippen molar-refractivity contribution in [1.82, 2.24) is 5.32 Å². The number of anilines is 1. The fourth-order valence-electron chi connectivity index (χ4n) is 1.61. The largest absolute Gasteiger partial charge is 0.493 e. The molecule has 0 aromatic heterocycles. The summed E-state index contributed by atoms with van der Waals surface area (Å²) in [5, 5.41) is 5.67. The van der Waals surface area contributed by atoms with Crippen molar-refractivity contribution in [3.05, 3.63) is 24.8 Å². The van der Waals surface area contributed by atoms with Gasteiger partial charge in [0.1, 0.15) is 0 Å². The Hall–Kier alpha value is -2.37. The first-order valence-corrected chi connectivity index (χ1v) is 6.07.